The number of rotatable bonds is 4. The van der Waals surface area contributed by atoms with Crippen molar-refractivity contribution in [2.45, 2.75) is 24.9 Å². The summed E-state index contributed by atoms with van der Waals surface area (Å²) >= 11 is 0. The minimum absolute atomic E-state index is 0.182. The van der Waals surface area contributed by atoms with Crippen LogP contribution in [-0.2, 0) is 14.3 Å². The predicted molar refractivity (Wildman–Crippen MR) is 60.8 cm³/mol. The highest BCUT2D eigenvalue weighted by atomic mass is 16.5. The Kier molecular flexibility index (Phi) is 4.90. The molecule has 8 nitrogen and oxygen atoms in total. The van der Waals surface area contributed by atoms with Crippen LogP contribution in [0, 0.1) is 0 Å². The Morgan fingerprint density at radius 2 is 2.22 bits per heavy atom. The fraction of sp³-hybridized carbons (Fsp3) is 0.700. The lowest BCUT2D eigenvalue weighted by atomic mass is 10.2. The molecule has 2 amide bonds. The summed E-state index contributed by atoms with van der Waals surface area (Å²) in [6.07, 6.45) is -0.352. The first-order valence-electron chi connectivity index (χ1n) is 5.54. The summed E-state index contributed by atoms with van der Waals surface area (Å²) < 4.78 is 4.45. The molecule has 102 valence electrons. The standard InChI is InChI=1S/C10H17N3O5/c1-18-10(17)12-6-2-3-13(5-6)9(16)7(11)4-8(14)15/h6-7H,2-5,11H2,1H3,(H,12,17)(H,14,15). The Labute approximate surface area is 104 Å². The zero-order chi connectivity index (χ0) is 13.7. The summed E-state index contributed by atoms with van der Waals surface area (Å²) in [7, 11) is 1.26. The summed E-state index contributed by atoms with van der Waals surface area (Å²) in [4.78, 5) is 34.7. The number of amides is 2. The van der Waals surface area contributed by atoms with Gasteiger partial charge in [0.25, 0.3) is 0 Å². The predicted octanol–water partition coefficient (Wildman–Crippen LogP) is -1.25. The van der Waals surface area contributed by atoms with Crippen molar-refractivity contribution in [3.8, 4) is 0 Å². The number of methoxy groups -OCH3 is 1. The van der Waals surface area contributed by atoms with Gasteiger partial charge in [-0.05, 0) is 6.42 Å². The fourth-order valence-electron chi connectivity index (χ4n) is 1.81. The average molecular weight is 259 g/mol. The highest BCUT2D eigenvalue weighted by Crippen LogP contribution is 2.11. The zero-order valence-electron chi connectivity index (χ0n) is 10.1. The Morgan fingerprint density at radius 1 is 1.56 bits per heavy atom. The van der Waals surface area contributed by atoms with Crippen LogP contribution in [0.1, 0.15) is 12.8 Å². The van der Waals surface area contributed by atoms with E-state index in [0.29, 0.717) is 19.5 Å². The number of alkyl carbamates (subject to hydrolysis) is 1. The number of carbonyl (C=O) groups is 3. The molecule has 4 N–H and O–H groups in total. The molecule has 1 rings (SSSR count). The quantitative estimate of drug-likeness (QED) is 0.579. The van der Waals surface area contributed by atoms with Crippen molar-refractivity contribution in [2.75, 3.05) is 20.2 Å². The van der Waals surface area contributed by atoms with Gasteiger partial charge in [-0.3, -0.25) is 9.59 Å². The maximum absolute atomic E-state index is 11.8. The molecule has 18 heavy (non-hydrogen) atoms. The van der Waals surface area contributed by atoms with Gasteiger partial charge in [0.05, 0.1) is 25.6 Å². The second kappa shape index (κ2) is 6.20. The minimum atomic E-state index is -1.11. The van der Waals surface area contributed by atoms with Crippen molar-refractivity contribution in [2.24, 2.45) is 5.73 Å². The number of carboxylic acids is 1. The van der Waals surface area contributed by atoms with Crippen LogP contribution in [-0.4, -0.2) is 60.3 Å². The number of nitrogens with zero attached hydrogens (tertiary/aromatic N) is 1. The van der Waals surface area contributed by atoms with Gasteiger partial charge in [-0.15, -0.1) is 0 Å². The molecule has 2 atom stereocenters. The summed E-state index contributed by atoms with van der Waals surface area (Å²) in [6.45, 7) is 0.766. The third kappa shape index (κ3) is 3.88. The molecule has 0 bridgehead atoms. The molecular weight excluding hydrogens is 242 g/mol. The molecule has 1 saturated heterocycles. The van der Waals surface area contributed by atoms with Crippen molar-refractivity contribution in [3.63, 3.8) is 0 Å². The molecule has 0 radical (unpaired) electrons. The van der Waals surface area contributed by atoms with Gasteiger partial charge in [-0.25, -0.2) is 4.79 Å². The molecule has 1 aliphatic rings. The van der Waals surface area contributed by atoms with Gasteiger partial charge in [0.1, 0.15) is 0 Å². The normalized spacial score (nSPS) is 20.3. The lowest BCUT2D eigenvalue weighted by Crippen LogP contribution is -2.45. The van der Waals surface area contributed by atoms with Crippen molar-refractivity contribution in [1.29, 1.82) is 0 Å². The van der Waals surface area contributed by atoms with E-state index in [0.717, 1.165) is 0 Å². The van der Waals surface area contributed by atoms with Gasteiger partial charge in [-0.2, -0.15) is 0 Å². The molecule has 0 aromatic carbocycles. The van der Waals surface area contributed by atoms with Crippen molar-refractivity contribution in [3.05, 3.63) is 0 Å². The van der Waals surface area contributed by atoms with Crippen LogP contribution in [0.2, 0.25) is 0 Å². The van der Waals surface area contributed by atoms with Crippen molar-refractivity contribution >= 4 is 18.0 Å². The number of nitrogens with two attached hydrogens (primary N) is 1. The molecule has 0 aromatic rings. The third-order valence-electron chi connectivity index (χ3n) is 2.72. The third-order valence-corrected chi connectivity index (χ3v) is 2.72. The van der Waals surface area contributed by atoms with Gasteiger partial charge in [0.15, 0.2) is 0 Å². The van der Waals surface area contributed by atoms with Crippen LogP contribution in [0.5, 0.6) is 0 Å². The van der Waals surface area contributed by atoms with Crippen molar-refractivity contribution in [1.82, 2.24) is 10.2 Å². The Balaban J connectivity index is 2.43. The second-order valence-electron chi connectivity index (χ2n) is 4.11. The lowest BCUT2D eigenvalue weighted by Gasteiger charge is -2.20. The van der Waals surface area contributed by atoms with E-state index in [9.17, 15) is 14.4 Å². The second-order valence-corrected chi connectivity index (χ2v) is 4.11. The molecule has 0 spiro atoms. The zero-order valence-corrected chi connectivity index (χ0v) is 10.1. The number of nitrogens with one attached hydrogen (secondary N) is 1. The highest BCUT2D eigenvalue weighted by molar-refractivity contribution is 5.86. The summed E-state index contributed by atoms with van der Waals surface area (Å²) in [5.74, 6) is -1.52. The summed E-state index contributed by atoms with van der Waals surface area (Å²) in [6, 6.07) is -1.22. The maximum atomic E-state index is 11.8. The topological polar surface area (TPSA) is 122 Å². The number of hydrogen-bond donors (Lipinski definition) is 3. The molecule has 1 heterocycles. The molecule has 8 heteroatoms. The molecule has 0 aromatic heterocycles. The number of carbonyl (C=O) groups excluding carboxylic acids is 2. The molecule has 1 fully saturated rings. The van der Waals surface area contributed by atoms with Gasteiger partial charge in [0.2, 0.25) is 5.91 Å². The Bertz CT molecular complexity index is 346. The van der Waals surface area contributed by atoms with E-state index in [2.05, 4.69) is 10.1 Å². The van der Waals surface area contributed by atoms with Crippen LogP contribution in [0.3, 0.4) is 0 Å². The molecule has 0 aliphatic carbocycles. The number of carboxylic acid groups (broad SMARTS) is 1. The van der Waals surface area contributed by atoms with Crippen molar-refractivity contribution < 1.29 is 24.2 Å². The Hall–Kier alpha value is -1.83. The minimum Gasteiger partial charge on any atom is -0.481 e. The van der Waals surface area contributed by atoms with Gasteiger partial charge >= 0.3 is 12.1 Å². The number of hydrogen-bond acceptors (Lipinski definition) is 5. The van der Waals surface area contributed by atoms with E-state index in [-0.39, 0.29) is 6.04 Å². The largest absolute Gasteiger partial charge is 0.481 e. The molecule has 2 unspecified atom stereocenters. The van der Waals surface area contributed by atoms with E-state index in [1.165, 1.54) is 12.0 Å². The first-order valence-corrected chi connectivity index (χ1v) is 5.54. The van der Waals surface area contributed by atoms with E-state index in [1.807, 2.05) is 0 Å². The summed E-state index contributed by atoms with van der Waals surface area (Å²) in [5, 5.41) is 11.1. The van der Waals surface area contributed by atoms with E-state index >= 15 is 0 Å². The van der Waals surface area contributed by atoms with Gasteiger partial charge < -0.3 is 25.8 Å². The monoisotopic (exact) mass is 259 g/mol. The van der Waals surface area contributed by atoms with Crippen LogP contribution in [0.15, 0.2) is 0 Å². The van der Waals surface area contributed by atoms with E-state index < -0.39 is 30.4 Å². The maximum Gasteiger partial charge on any atom is 0.407 e. The van der Waals surface area contributed by atoms with Gasteiger partial charge in [0, 0.05) is 13.1 Å². The van der Waals surface area contributed by atoms with E-state index in [4.69, 9.17) is 10.8 Å². The number of aliphatic carboxylic acids is 1. The molecule has 0 saturated carbocycles. The number of likely N-dealkylation sites (tertiary alicyclic amines) is 1. The number of ether oxygens (including phenoxy) is 1. The Morgan fingerprint density at radius 3 is 2.78 bits per heavy atom. The average Bonchev–Trinajstić information content (AvgIpc) is 2.75. The molecular formula is C10H17N3O5. The van der Waals surface area contributed by atoms with Crippen LogP contribution < -0.4 is 11.1 Å². The van der Waals surface area contributed by atoms with Crippen LogP contribution in [0.25, 0.3) is 0 Å². The lowest BCUT2D eigenvalue weighted by molar-refractivity contribution is -0.141. The molecule has 1 aliphatic heterocycles. The fourth-order valence-corrected chi connectivity index (χ4v) is 1.81. The first-order chi connectivity index (χ1) is 8.43. The SMILES string of the molecule is COC(=O)NC1CCN(C(=O)C(N)CC(=O)O)C1. The first kappa shape index (κ1) is 14.2. The van der Waals surface area contributed by atoms with Gasteiger partial charge in [-0.1, -0.05) is 0 Å². The summed E-state index contributed by atoms with van der Waals surface area (Å²) in [5.41, 5.74) is 5.49. The van der Waals surface area contributed by atoms with Crippen LogP contribution in [0.4, 0.5) is 4.79 Å². The van der Waals surface area contributed by atoms with Crippen LogP contribution >= 0.6 is 0 Å². The smallest absolute Gasteiger partial charge is 0.407 e. The highest BCUT2D eigenvalue weighted by Gasteiger charge is 2.30. The van der Waals surface area contributed by atoms with E-state index in [1.54, 1.807) is 0 Å².